The Bertz CT molecular complexity index is 2960. The number of hydrogen-bond donors (Lipinski definition) is 3. The average Bonchev–Trinajstić information content (AvgIpc) is 4.02. The van der Waals surface area contributed by atoms with Gasteiger partial charge in [0.05, 0.1) is 40.0 Å². The third-order valence-corrected chi connectivity index (χ3v) is 13.9. The van der Waals surface area contributed by atoms with Gasteiger partial charge in [-0.05, 0) is 101 Å². The highest BCUT2D eigenvalue weighted by atomic mass is 16.4. The lowest BCUT2D eigenvalue weighted by molar-refractivity contribution is -0.138. The second-order valence-corrected chi connectivity index (χ2v) is 18.4. The molecule has 4 fully saturated rings. The average molecular weight is 882 g/mol. The van der Waals surface area contributed by atoms with Crippen molar-refractivity contribution in [2.24, 2.45) is 5.92 Å². The van der Waals surface area contributed by atoms with Crippen LogP contribution in [0.3, 0.4) is 0 Å². The lowest BCUT2D eigenvalue weighted by Crippen LogP contribution is -2.54. The molecule has 4 aliphatic rings. The van der Waals surface area contributed by atoms with E-state index in [1.54, 1.807) is 38.1 Å². The number of piperazine rings is 1. The number of carbonyl (C=O) groups is 4. The number of imide groups is 1. The third-order valence-electron chi connectivity index (χ3n) is 13.9. The molecular formula is C47H51N11O7. The summed E-state index contributed by atoms with van der Waals surface area (Å²) in [6.45, 7) is 7.88. The first-order valence-electron chi connectivity index (χ1n) is 22.5. The Balaban J connectivity index is 0.718. The monoisotopic (exact) mass is 881 g/mol. The summed E-state index contributed by atoms with van der Waals surface area (Å²) in [5.41, 5.74) is 3.63. The molecule has 0 bridgehead atoms. The number of nitriles is 1. The fourth-order valence-electron chi connectivity index (χ4n) is 10.4. The van der Waals surface area contributed by atoms with Crippen molar-refractivity contribution in [3.63, 3.8) is 0 Å². The Kier molecular flexibility index (Phi) is 10.8. The molecule has 7 heterocycles. The maximum atomic E-state index is 13.8. The molecule has 336 valence electrons. The van der Waals surface area contributed by atoms with Gasteiger partial charge in [-0.2, -0.15) is 15.5 Å². The Labute approximate surface area is 373 Å². The smallest absolute Gasteiger partial charge is 0.408 e. The van der Waals surface area contributed by atoms with Crippen molar-refractivity contribution in [2.75, 3.05) is 49.5 Å². The SMILES string of the molecule is CC(C)(O)c1cc2nn(C3CCC(N4CCN(C(=O)C5CCN(c6ccc7c(c6)oc(=O)n7C6CCC(=O)NC6=O)CC5)CC4)CC3)cc2cc1NC(=O)c1ccc2cc(C#N)cnn12. The van der Waals surface area contributed by atoms with Crippen LogP contribution in [-0.4, -0.2) is 108 Å². The second-order valence-electron chi connectivity index (χ2n) is 18.4. The van der Waals surface area contributed by atoms with Gasteiger partial charge in [0.25, 0.3) is 5.91 Å². The number of rotatable bonds is 8. The predicted molar refractivity (Wildman–Crippen MR) is 239 cm³/mol. The van der Waals surface area contributed by atoms with Crippen LogP contribution in [0.2, 0.25) is 0 Å². The highest BCUT2D eigenvalue weighted by Crippen LogP contribution is 2.36. The molecule has 65 heavy (non-hydrogen) atoms. The summed E-state index contributed by atoms with van der Waals surface area (Å²) in [4.78, 5) is 71.0. The molecule has 0 spiro atoms. The van der Waals surface area contributed by atoms with E-state index in [0.29, 0.717) is 71.3 Å². The largest absolute Gasteiger partial charge is 0.420 e. The second kappa shape index (κ2) is 16.6. The van der Waals surface area contributed by atoms with Crippen molar-refractivity contribution in [3.05, 3.63) is 88.3 Å². The molecular weight excluding hydrogens is 831 g/mol. The van der Waals surface area contributed by atoms with Crippen LogP contribution in [0.4, 0.5) is 11.4 Å². The molecule has 4 amide bonds. The molecule has 18 heteroatoms. The van der Waals surface area contributed by atoms with Crippen molar-refractivity contribution in [2.45, 2.75) is 88.9 Å². The van der Waals surface area contributed by atoms with Crippen LogP contribution in [0, 0.1) is 17.2 Å². The van der Waals surface area contributed by atoms with Gasteiger partial charge in [0.2, 0.25) is 17.7 Å². The van der Waals surface area contributed by atoms with E-state index in [2.05, 4.69) is 31.6 Å². The molecule has 0 radical (unpaired) electrons. The molecule has 3 aliphatic heterocycles. The van der Waals surface area contributed by atoms with Crippen molar-refractivity contribution < 1.29 is 28.7 Å². The summed E-state index contributed by atoms with van der Waals surface area (Å²) in [7, 11) is 0. The molecule has 10 rings (SSSR count). The highest BCUT2D eigenvalue weighted by molar-refractivity contribution is 6.05. The summed E-state index contributed by atoms with van der Waals surface area (Å²) >= 11 is 0. The Morgan fingerprint density at radius 2 is 1.66 bits per heavy atom. The fraction of sp³-hybridized carbons (Fsp3) is 0.447. The minimum atomic E-state index is -1.26. The third kappa shape index (κ3) is 8.03. The Hall–Kier alpha value is -6.84. The standard InChI is InChI=1S/C47H51N11O7/c1-47(2,64)35-24-36-30(22-37(35)50-44(61)40-10-8-34-21-28(25-48)26-49-58(34)40)27-56(52-36)32-5-3-31(4-6-32)54-17-19-55(20-18-54)45(62)29-13-15-53(16-14-29)33-7-9-38-41(23-33)65-46(63)57(38)39-11-12-42(59)51-43(39)60/h7-10,21-24,26-27,29,31-32,39,64H,3-6,11-20H2,1-2H3,(H,50,61)(H,51,59,60). The number of nitrogens with zero attached hydrogens (tertiary/aromatic N) is 9. The number of benzene rings is 2. The molecule has 2 aromatic carbocycles. The maximum absolute atomic E-state index is 13.8. The molecule has 4 aromatic heterocycles. The van der Waals surface area contributed by atoms with Gasteiger partial charge in [-0.3, -0.25) is 38.6 Å². The molecule has 1 unspecified atom stereocenters. The Morgan fingerprint density at radius 3 is 2.38 bits per heavy atom. The van der Waals surface area contributed by atoms with Crippen molar-refractivity contribution >= 4 is 62.5 Å². The molecule has 18 nitrogen and oxygen atoms in total. The molecule has 3 N–H and O–H groups in total. The number of nitrogens with one attached hydrogen (secondary N) is 2. The van der Waals surface area contributed by atoms with Crippen LogP contribution in [-0.2, 0) is 20.0 Å². The number of hydrogen-bond acceptors (Lipinski definition) is 12. The number of piperidine rings is 2. The van der Waals surface area contributed by atoms with Gasteiger partial charge >= 0.3 is 5.76 Å². The first-order chi connectivity index (χ1) is 31.3. The van der Waals surface area contributed by atoms with Gasteiger partial charge in [-0.25, -0.2) is 9.31 Å². The molecule has 1 aliphatic carbocycles. The molecule has 6 aromatic rings. The van der Waals surface area contributed by atoms with Gasteiger partial charge in [0, 0.05) is 92.2 Å². The minimum absolute atomic E-state index is 0.0447. The van der Waals surface area contributed by atoms with Crippen LogP contribution < -0.4 is 21.3 Å². The fourth-order valence-corrected chi connectivity index (χ4v) is 10.4. The van der Waals surface area contributed by atoms with Gasteiger partial charge in [-0.1, -0.05) is 0 Å². The van der Waals surface area contributed by atoms with Gasteiger partial charge in [0.1, 0.15) is 17.8 Å². The highest BCUT2D eigenvalue weighted by Gasteiger charge is 2.35. The van der Waals surface area contributed by atoms with Crippen LogP contribution in [0.5, 0.6) is 0 Å². The molecule has 3 saturated heterocycles. The lowest BCUT2D eigenvalue weighted by atomic mass is 9.89. The van der Waals surface area contributed by atoms with Crippen molar-refractivity contribution in [1.29, 1.82) is 5.26 Å². The lowest BCUT2D eigenvalue weighted by Gasteiger charge is -2.43. The summed E-state index contributed by atoms with van der Waals surface area (Å²) < 4.78 is 10.4. The number of amides is 4. The zero-order valence-corrected chi connectivity index (χ0v) is 36.4. The topological polar surface area (TPSA) is 216 Å². The number of carbonyl (C=O) groups excluding carboxylic acids is 4. The number of aliphatic hydroxyl groups is 1. The molecule has 1 atom stereocenters. The van der Waals surface area contributed by atoms with Crippen molar-refractivity contribution in [3.8, 4) is 6.07 Å². The first kappa shape index (κ1) is 42.1. The summed E-state index contributed by atoms with van der Waals surface area (Å²) in [6.07, 6.45) is 9.28. The van der Waals surface area contributed by atoms with E-state index in [9.17, 15) is 34.3 Å². The van der Waals surface area contributed by atoms with E-state index in [0.717, 1.165) is 68.2 Å². The summed E-state index contributed by atoms with van der Waals surface area (Å²) in [5.74, 6) is -1.69. The van der Waals surface area contributed by atoms with Crippen LogP contribution in [0.1, 0.15) is 98.9 Å². The van der Waals surface area contributed by atoms with Crippen LogP contribution in [0.15, 0.2) is 70.1 Å². The van der Waals surface area contributed by atoms with Crippen molar-refractivity contribution in [1.82, 2.24) is 39.1 Å². The quantitative estimate of drug-likeness (QED) is 0.181. The van der Waals surface area contributed by atoms with E-state index in [1.807, 2.05) is 40.0 Å². The van der Waals surface area contributed by atoms with E-state index in [4.69, 9.17) is 9.52 Å². The van der Waals surface area contributed by atoms with Gasteiger partial charge < -0.3 is 24.6 Å². The number of aromatic nitrogens is 5. The van der Waals surface area contributed by atoms with E-state index >= 15 is 0 Å². The zero-order valence-electron chi connectivity index (χ0n) is 36.4. The Morgan fingerprint density at radius 1 is 0.908 bits per heavy atom. The maximum Gasteiger partial charge on any atom is 0.420 e. The normalized spacial score (nSPS) is 21.5. The van der Waals surface area contributed by atoms with Crippen LogP contribution >= 0.6 is 0 Å². The predicted octanol–water partition coefficient (Wildman–Crippen LogP) is 4.47. The number of fused-ring (bicyclic) bond motifs is 3. The molecule has 1 saturated carbocycles. The zero-order chi connectivity index (χ0) is 45.1. The van der Waals surface area contributed by atoms with Gasteiger partial charge in [-0.15, -0.1) is 0 Å². The minimum Gasteiger partial charge on any atom is -0.408 e. The number of oxazole rings is 1. The van der Waals surface area contributed by atoms with E-state index in [1.165, 1.54) is 15.3 Å². The van der Waals surface area contributed by atoms with Gasteiger partial charge in [0.15, 0.2) is 5.58 Å². The first-order valence-corrected chi connectivity index (χ1v) is 22.5. The number of anilines is 2. The van der Waals surface area contributed by atoms with E-state index < -0.39 is 29.2 Å². The van der Waals surface area contributed by atoms with Crippen LogP contribution in [0.25, 0.3) is 27.5 Å². The summed E-state index contributed by atoms with van der Waals surface area (Å²) in [6, 6.07) is 16.2. The van der Waals surface area contributed by atoms with E-state index in [-0.39, 0.29) is 36.6 Å². The summed E-state index contributed by atoms with van der Waals surface area (Å²) in [5, 5.41) is 35.8.